The fraction of sp³-hybridized carbons (Fsp3) is 0.412. The van der Waals surface area contributed by atoms with Gasteiger partial charge in [-0.2, -0.15) is 0 Å². The van der Waals surface area contributed by atoms with Crippen molar-refractivity contribution in [2.45, 2.75) is 46.2 Å². The fourth-order valence-corrected chi connectivity index (χ4v) is 1.52. The first-order valence-corrected chi connectivity index (χ1v) is 7.77. The molecule has 0 saturated heterocycles. The maximum Gasteiger partial charge on any atom is 0.617 e. The topological polar surface area (TPSA) is 105 Å². The number of benzene rings is 1. The Morgan fingerprint density at radius 1 is 0.840 bits per heavy atom. The van der Waals surface area contributed by atoms with Gasteiger partial charge in [0, 0.05) is 24.8 Å². The predicted octanol–water partition coefficient (Wildman–Crippen LogP) is 2.35. The maximum absolute atomic E-state index is 11.7. The van der Waals surface area contributed by atoms with Gasteiger partial charge in [0.1, 0.15) is 12.0 Å². The van der Waals surface area contributed by atoms with Crippen LogP contribution in [0.15, 0.2) is 24.3 Å². The van der Waals surface area contributed by atoms with Crippen LogP contribution < -0.4 is 4.74 Å². The van der Waals surface area contributed by atoms with E-state index in [0.717, 1.165) is 0 Å². The molecule has 8 heteroatoms. The number of ether oxygens (including phenoxy) is 4. The second kappa shape index (κ2) is 9.41. The molecule has 1 aromatic carbocycles. The first-order chi connectivity index (χ1) is 11.9. The summed E-state index contributed by atoms with van der Waals surface area (Å²) >= 11 is 0. The molecular weight excluding hydrogens is 332 g/mol. The quantitative estimate of drug-likeness (QED) is 0.379. The molecule has 0 heterocycles. The van der Waals surface area contributed by atoms with Crippen LogP contribution in [0.5, 0.6) is 5.75 Å². The van der Waals surface area contributed by atoms with Crippen LogP contribution in [0.1, 0.15) is 50.4 Å². The van der Waals surface area contributed by atoms with E-state index in [4.69, 9.17) is 18.9 Å². The molecule has 8 nitrogen and oxygen atoms in total. The Morgan fingerprint density at radius 2 is 1.24 bits per heavy atom. The molecule has 0 amide bonds. The summed E-state index contributed by atoms with van der Waals surface area (Å²) in [4.78, 5) is 45.9. The molecule has 0 fully saturated rings. The Hall–Kier alpha value is -2.90. The molecule has 0 aliphatic heterocycles. The van der Waals surface area contributed by atoms with Gasteiger partial charge in [0.05, 0.1) is 0 Å². The van der Waals surface area contributed by atoms with Gasteiger partial charge in [-0.25, -0.2) is 0 Å². The predicted molar refractivity (Wildman–Crippen MR) is 84.3 cm³/mol. The molecule has 0 aliphatic carbocycles. The number of carbonyl (C=O) groups excluding carboxylic acids is 4. The summed E-state index contributed by atoms with van der Waals surface area (Å²) in [6, 6.07) is 5.60. The Balaban J connectivity index is 3.21. The van der Waals surface area contributed by atoms with Gasteiger partial charge in [-0.1, -0.05) is 20.8 Å². The molecule has 25 heavy (non-hydrogen) atoms. The zero-order chi connectivity index (χ0) is 18.9. The molecule has 0 aliphatic rings. The number of rotatable bonds is 9. The van der Waals surface area contributed by atoms with Crippen LogP contribution in [0.2, 0.25) is 0 Å². The van der Waals surface area contributed by atoms with Gasteiger partial charge in [-0.05, 0) is 24.3 Å². The smallest absolute Gasteiger partial charge is 0.386 e. The molecule has 0 spiro atoms. The Bertz CT molecular complexity index is 574. The molecule has 0 atom stereocenters. The van der Waals surface area contributed by atoms with Crippen molar-refractivity contribution in [3.05, 3.63) is 29.8 Å². The molecule has 0 bridgehead atoms. The summed E-state index contributed by atoms with van der Waals surface area (Å²) in [5.74, 6) is -2.37. The van der Waals surface area contributed by atoms with Crippen molar-refractivity contribution in [2.75, 3.05) is 0 Å². The highest BCUT2D eigenvalue weighted by Crippen LogP contribution is 2.25. The molecule has 0 radical (unpaired) electrons. The summed E-state index contributed by atoms with van der Waals surface area (Å²) < 4.78 is 20.3. The molecule has 1 rings (SSSR count). The van der Waals surface area contributed by atoms with E-state index < -0.39 is 24.1 Å². The second-order valence-corrected chi connectivity index (χ2v) is 4.77. The first kappa shape index (κ1) is 20.1. The Morgan fingerprint density at radius 3 is 1.56 bits per heavy atom. The first-order valence-electron chi connectivity index (χ1n) is 7.77. The average Bonchev–Trinajstić information content (AvgIpc) is 2.61. The van der Waals surface area contributed by atoms with E-state index in [2.05, 4.69) is 0 Å². The van der Waals surface area contributed by atoms with Crippen molar-refractivity contribution in [3.8, 4) is 5.75 Å². The minimum absolute atomic E-state index is 0.0577. The van der Waals surface area contributed by atoms with Crippen LogP contribution in [-0.4, -0.2) is 30.4 Å². The van der Waals surface area contributed by atoms with Crippen molar-refractivity contribution < 1.29 is 38.1 Å². The maximum atomic E-state index is 11.7. The molecule has 0 unspecified atom stereocenters. The number of aldehydes is 1. The van der Waals surface area contributed by atoms with E-state index in [0.29, 0.717) is 11.8 Å². The van der Waals surface area contributed by atoms with Crippen LogP contribution in [0.25, 0.3) is 0 Å². The van der Waals surface area contributed by atoms with E-state index in [1.165, 1.54) is 45.0 Å². The fourth-order valence-electron chi connectivity index (χ4n) is 1.52. The monoisotopic (exact) mass is 352 g/mol. The molecule has 0 aromatic heterocycles. The van der Waals surface area contributed by atoms with Crippen LogP contribution in [0.3, 0.4) is 0 Å². The second-order valence-electron chi connectivity index (χ2n) is 4.77. The van der Waals surface area contributed by atoms with Crippen molar-refractivity contribution >= 4 is 24.2 Å². The van der Waals surface area contributed by atoms with Gasteiger partial charge in [-0.15, -0.1) is 0 Å². The zero-order valence-corrected chi connectivity index (χ0v) is 14.3. The third-order valence-corrected chi connectivity index (χ3v) is 2.84. The highest BCUT2D eigenvalue weighted by Gasteiger charge is 2.47. The minimum Gasteiger partial charge on any atom is -0.386 e. The highest BCUT2D eigenvalue weighted by molar-refractivity contribution is 5.75. The summed E-state index contributed by atoms with van der Waals surface area (Å²) in [6.45, 7) is 4.53. The number of hydrogen-bond donors (Lipinski definition) is 0. The third kappa shape index (κ3) is 6.25. The Labute approximate surface area is 145 Å². The lowest BCUT2D eigenvalue weighted by Crippen LogP contribution is -2.49. The van der Waals surface area contributed by atoms with Gasteiger partial charge in [0.15, 0.2) is 0 Å². The largest absolute Gasteiger partial charge is 0.617 e. The van der Waals surface area contributed by atoms with Gasteiger partial charge >= 0.3 is 24.1 Å². The highest BCUT2D eigenvalue weighted by atomic mass is 17.0. The molecule has 0 N–H and O–H groups in total. The zero-order valence-electron chi connectivity index (χ0n) is 14.3. The minimum atomic E-state index is -2.67. The van der Waals surface area contributed by atoms with Crippen molar-refractivity contribution in [1.82, 2.24) is 0 Å². The molecule has 0 saturated carbocycles. The number of esters is 3. The molecule has 136 valence electrons. The lowest BCUT2D eigenvalue weighted by molar-refractivity contribution is -0.418. The summed E-state index contributed by atoms with van der Waals surface area (Å²) in [6.07, 6.45) is -2.24. The normalized spacial score (nSPS) is 10.5. The van der Waals surface area contributed by atoms with Crippen molar-refractivity contribution in [1.29, 1.82) is 0 Å². The molecule has 1 aromatic rings. The summed E-state index contributed by atoms with van der Waals surface area (Å²) in [5.41, 5.74) is 0.375. The SMILES string of the molecule is CCC(=O)OC(OC(=O)CC)(OC(=O)CC)Oc1ccc(C=O)cc1. The Kier molecular flexibility index (Phi) is 7.58. The van der Waals surface area contributed by atoms with Crippen molar-refractivity contribution in [2.24, 2.45) is 0 Å². The lowest BCUT2D eigenvalue weighted by atomic mass is 10.2. The van der Waals surface area contributed by atoms with Gasteiger partial charge in [0.2, 0.25) is 0 Å². The van der Waals surface area contributed by atoms with E-state index in [9.17, 15) is 19.2 Å². The van der Waals surface area contributed by atoms with Crippen LogP contribution >= 0.6 is 0 Å². The van der Waals surface area contributed by atoms with E-state index >= 15 is 0 Å². The van der Waals surface area contributed by atoms with Gasteiger partial charge in [0.25, 0.3) is 0 Å². The van der Waals surface area contributed by atoms with Crippen LogP contribution in [-0.2, 0) is 28.6 Å². The van der Waals surface area contributed by atoms with E-state index in [1.807, 2.05) is 0 Å². The average molecular weight is 352 g/mol. The van der Waals surface area contributed by atoms with Gasteiger partial charge in [-0.3, -0.25) is 19.2 Å². The number of hydrogen-bond acceptors (Lipinski definition) is 8. The standard InChI is InChI=1S/C17H20O8/c1-4-14(19)23-17(24-15(20)5-2,25-16(21)6-3)22-13-9-7-12(11-18)8-10-13/h7-11H,4-6H2,1-3H3. The van der Waals surface area contributed by atoms with Gasteiger partial charge < -0.3 is 18.9 Å². The van der Waals surface area contributed by atoms with E-state index in [1.54, 1.807) is 0 Å². The molecular formula is C17H20O8. The van der Waals surface area contributed by atoms with Crippen LogP contribution in [0, 0.1) is 0 Å². The third-order valence-electron chi connectivity index (χ3n) is 2.84. The summed E-state index contributed by atoms with van der Waals surface area (Å²) in [5, 5.41) is 0. The lowest BCUT2D eigenvalue weighted by Gasteiger charge is -2.29. The van der Waals surface area contributed by atoms with E-state index in [-0.39, 0.29) is 25.0 Å². The van der Waals surface area contributed by atoms with Crippen molar-refractivity contribution in [3.63, 3.8) is 0 Å². The summed E-state index contributed by atoms with van der Waals surface area (Å²) in [7, 11) is 0. The number of carbonyl (C=O) groups is 4. The van der Waals surface area contributed by atoms with Crippen LogP contribution in [0.4, 0.5) is 0 Å².